The summed E-state index contributed by atoms with van der Waals surface area (Å²) >= 11 is 0. The number of ether oxygens (including phenoxy) is 1. The molecule has 2 rings (SSSR count). The van der Waals surface area contributed by atoms with Crippen LogP contribution in [-0.4, -0.2) is 17.8 Å². The highest BCUT2D eigenvalue weighted by Crippen LogP contribution is 2.15. The van der Waals surface area contributed by atoms with Crippen LogP contribution in [0.4, 0.5) is 5.69 Å². The third kappa shape index (κ3) is 3.76. The van der Waals surface area contributed by atoms with Crippen LogP contribution in [0, 0.1) is 10.1 Å². The van der Waals surface area contributed by atoms with Crippen LogP contribution in [-0.2, 0) is 0 Å². The van der Waals surface area contributed by atoms with Crippen molar-refractivity contribution in [3.05, 3.63) is 75.8 Å². The van der Waals surface area contributed by atoms with E-state index in [4.69, 9.17) is 4.74 Å². The summed E-state index contributed by atoms with van der Waals surface area (Å²) < 4.78 is 5.04. The van der Waals surface area contributed by atoms with Crippen molar-refractivity contribution < 1.29 is 14.5 Å². The van der Waals surface area contributed by atoms with Crippen LogP contribution in [0.2, 0.25) is 0 Å². The number of nitro groups is 1. The van der Waals surface area contributed by atoms with Gasteiger partial charge < -0.3 is 4.74 Å². The molecule has 106 valence electrons. The van der Waals surface area contributed by atoms with E-state index in [1.165, 1.54) is 24.3 Å². The van der Waals surface area contributed by atoms with Crippen molar-refractivity contribution >= 4 is 17.5 Å². The molecule has 0 saturated carbocycles. The number of non-ortho nitro benzene ring substituents is 1. The topological polar surface area (TPSA) is 69.4 Å². The average Bonchev–Trinajstić information content (AvgIpc) is 2.53. The summed E-state index contributed by atoms with van der Waals surface area (Å²) in [7, 11) is 1.58. The molecule has 0 saturated heterocycles. The molecule has 0 amide bonds. The Kier molecular flexibility index (Phi) is 4.46. The van der Waals surface area contributed by atoms with Gasteiger partial charge in [0.2, 0.25) is 0 Å². The highest BCUT2D eigenvalue weighted by atomic mass is 16.6. The molecule has 0 aromatic heterocycles. The Labute approximate surface area is 121 Å². The zero-order chi connectivity index (χ0) is 15.2. The lowest BCUT2D eigenvalue weighted by atomic mass is 10.1. The lowest BCUT2D eigenvalue weighted by Crippen LogP contribution is -1.96. The molecule has 0 spiro atoms. The van der Waals surface area contributed by atoms with E-state index in [0.717, 1.165) is 11.3 Å². The largest absolute Gasteiger partial charge is 0.497 e. The number of nitrogens with zero attached hydrogens (tertiary/aromatic N) is 1. The second-order valence-electron chi connectivity index (χ2n) is 4.28. The van der Waals surface area contributed by atoms with E-state index in [2.05, 4.69) is 0 Å². The number of hydrogen-bond acceptors (Lipinski definition) is 4. The van der Waals surface area contributed by atoms with E-state index in [0.29, 0.717) is 0 Å². The standard InChI is InChI=1S/C16H13NO4/c1-21-15-8-5-12(6-9-15)7-10-16(18)13-3-2-4-14(11-13)17(19)20/h2-11H,1H3/b10-7+. The first-order valence-corrected chi connectivity index (χ1v) is 6.21. The molecule has 0 aliphatic carbocycles. The summed E-state index contributed by atoms with van der Waals surface area (Å²) in [6.07, 6.45) is 3.04. The molecule has 0 aliphatic rings. The Morgan fingerprint density at radius 1 is 1.19 bits per heavy atom. The molecule has 2 aromatic rings. The summed E-state index contributed by atoms with van der Waals surface area (Å²) in [4.78, 5) is 22.1. The molecule has 0 heterocycles. The van der Waals surface area contributed by atoms with E-state index in [1.807, 2.05) is 12.1 Å². The van der Waals surface area contributed by atoms with Crippen LogP contribution < -0.4 is 4.74 Å². The highest BCUT2D eigenvalue weighted by Gasteiger charge is 2.09. The van der Waals surface area contributed by atoms with Crippen molar-refractivity contribution in [3.8, 4) is 5.75 Å². The van der Waals surface area contributed by atoms with Crippen LogP contribution in [0.5, 0.6) is 5.75 Å². The maximum atomic E-state index is 12.0. The van der Waals surface area contributed by atoms with Gasteiger partial charge in [0.15, 0.2) is 5.78 Å². The normalized spacial score (nSPS) is 10.5. The molecule has 0 radical (unpaired) electrons. The summed E-state index contributed by atoms with van der Waals surface area (Å²) in [6, 6.07) is 12.9. The van der Waals surface area contributed by atoms with Crippen molar-refractivity contribution in [1.29, 1.82) is 0 Å². The first-order chi connectivity index (χ1) is 10.1. The third-order valence-electron chi connectivity index (χ3n) is 2.88. The number of carbonyl (C=O) groups is 1. The van der Waals surface area contributed by atoms with Crippen molar-refractivity contribution in [2.75, 3.05) is 7.11 Å². The predicted octanol–water partition coefficient (Wildman–Crippen LogP) is 3.50. The Morgan fingerprint density at radius 3 is 2.52 bits per heavy atom. The predicted molar refractivity (Wildman–Crippen MR) is 79.5 cm³/mol. The van der Waals surface area contributed by atoms with Crippen LogP contribution in [0.15, 0.2) is 54.6 Å². The van der Waals surface area contributed by atoms with Crippen LogP contribution in [0.3, 0.4) is 0 Å². The van der Waals surface area contributed by atoms with Gasteiger partial charge in [0, 0.05) is 17.7 Å². The van der Waals surface area contributed by atoms with Crippen molar-refractivity contribution in [1.82, 2.24) is 0 Å². The molecule has 5 heteroatoms. The van der Waals surface area contributed by atoms with Gasteiger partial charge >= 0.3 is 0 Å². The summed E-state index contributed by atoms with van der Waals surface area (Å²) in [5.74, 6) is 0.451. The van der Waals surface area contributed by atoms with Crippen molar-refractivity contribution in [2.24, 2.45) is 0 Å². The minimum Gasteiger partial charge on any atom is -0.497 e. The lowest BCUT2D eigenvalue weighted by Gasteiger charge is -1.99. The number of nitro benzene ring substituents is 1. The minimum atomic E-state index is -0.524. The molecular formula is C16H13NO4. The quantitative estimate of drug-likeness (QED) is 0.364. The number of benzene rings is 2. The number of hydrogen-bond donors (Lipinski definition) is 0. The molecule has 0 unspecified atom stereocenters. The Balaban J connectivity index is 2.14. The summed E-state index contributed by atoms with van der Waals surface area (Å²) in [5.41, 5.74) is 1.03. The fraction of sp³-hybridized carbons (Fsp3) is 0.0625. The molecule has 0 fully saturated rings. The van der Waals surface area contributed by atoms with Gasteiger partial charge in [0.05, 0.1) is 12.0 Å². The zero-order valence-corrected chi connectivity index (χ0v) is 11.4. The lowest BCUT2D eigenvalue weighted by molar-refractivity contribution is -0.384. The van der Waals surface area contributed by atoms with E-state index in [-0.39, 0.29) is 17.0 Å². The number of allylic oxidation sites excluding steroid dienone is 1. The average molecular weight is 283 g/mol. The summed E-state index contributed by atoms with van der Waals surface area (Å²) in [6.45, 7) is 0. The van der Waals surface area contributed by atoms with Crippen molar-refractivity contribution in [3.63, 3.8) is 0 Å². The molecule has 5 nitrogen and oxygen atoms in total. The van der Waals surface area contributed by atoms with E-state index in [9.17, 15) is 14.9 Å². The van der Waals surface area contributed by atoms with Crippen LogP contribution >= 0.6 is 0 Å². The van der Waals surface area contributed by atoms with Gasteiger partial charge in [-0.05, 0) is 23.8 Å². The molecule has 0 aliphatic heterocycles. The maximum absolute atomic E-state index is 12.0. The number of carbonyl (C=O) groups excluding carboxylic acids is 1. The number of ketones is 1. The monoisotopic (exact) mass is 283 g/mol. The molecule has 2 aromatic carbocycles. The Hall–Kier alpha value is -2.95. The van der Waals surface area contributed by atoms with Gasteiger partial charge in [-0.25, -0.2) is 0 Å². The SMILES string of the molecule is COc1ccc(/C=C/C(=O)c2cccc([N+](=O)[O-])c2)cc1. The second kappa shape index (κ2) is 6.47. The van der Waals surface area contributed by atoms with Crippen molar-refractivity contribution in [2.45, 2.75) is 0 Å². The fourth-order valence-corrected chi connectivity index (χ4v) is 1.76. The highest BCUT2D eigenvalue weighted by molar-refractivity contribution is 6.07. The van der Waals surface area contributed by atoms with Gasteiger partial charge in [-0.3, -0.25) is 14.9 Å². The molecule has 0 bridgehead atoms. The smallest absolute Gasteiger partial charge is 0.270 e. The van der Waals surface area contributed by atoms with Gasteiger partial charge in [0.25, 0.3) is 5.69 Å². The third-order valence-corrected chi connectivity index (χ3v) is 2.88. The minimum absolute atomic E-state index is 0.0984. The summed E-state index contributed by atoms with van der Waals surface area (Å²) in [5, 5.41) is 10.7. The Morgan fingerprint density at radius 2 is 1.90 bits per heavy atom. The Bertz CT molecular complexity index is 690. The van der Waals surface area contributed by atoms with Gasteiger partial charge in [-0.15, -0.1) is 0 Å². The molecule has 21 heavy (non-hydrogen) atoms. The van der Waals surface area contributed by atoms with Crippen LogP contribution in [0.25, 0.3) is 6.08 Å². The maximum Gasteiger partial charge on any atom is 0.270 e. The first-order valence-electron chi connectivity index (χ1n) is 6.21. The van der Waals surface area contributed by atoms with E-state index < -0.39 is 4.92 Å². The van der Waals surface area contributed by atoms with E-state index in [1.54, 1.807) is 31.4 Å². The van der Waals surface area contributed by atoms with Crippen LogP contribution in [0.1, 0.15) is 15.9 Å². The zero-order valence-electron chi connectivity index (χ0n) is 11.4. The fourth-order valence-electron chi connectivity index (χ4n) is 1.76. The number of rotatable bonds is 5. The first kappa shape index (κ1) is 14.5. The molecule has 0 atom stereocenters. The molecule has 0 N–H and O–H groups in total. The second-order valence-corrected chi connectivity index (χ2v) is 4.28. The van der Waals surface area contributed by atoms with Gasteiger partial charge in [-0.1, -0.05) is 30.3 Å². The van der Waals surface area contributed by atoms with Gasteiger partial charge in [0.1, 0.15) is 5.75 Å². The van der Waals surface area contributed by atoms with E-state index >= 15 is 0 Å². The van der Waals surface area contributed by atoms with Gasteiger partial charge in [-0.2, -0.15) is 0 Å². The number of methoxy groups -OCH3 is 1. The molecular weight excluding hydrogens is 270 g/mol.